The molecule has 0 saturated carbocycles. The Morgan fingerprint density at radius 3 is 2.60 bits per heavy atom. The molecule has 1 saturated heterocycles. The van der Waals surface area contributed by atoms with E-state index >= 15 is 0 Å². The Morgan fingerprint density at radius 2 is 1.96 bits per heavy atom. The molecule has 1 aromatic heterocycles. The molecule has 1 fully saturated rings. The van der Waals surface area contributed by atoms with Gasteiger partial charge in [0.1, 0.15) is 5.03 Å². The van der Waals surface area contributed by atoms with Crippen molar-refractivity contribution in [3.63, 3.8) is 0 Å². The van der Waals surface area contributed by atoms with E-state index in [2.05, 4.69) is 4.98 Å². The average molecular weight is 377 g/mol. The van der Waals surface area contributed by atoms with E-state index in [0.29, 0.717) is 17.0 Å². The molecule has 1 amide bonds. The summed E-state index contributed by atoms with van der Waals surface area (Å²) >= 11 is 1.43. The molecule has 0 aliphatic carbocycles. The maximum absolute atomic E-state index is 12.9. The number of sulfone groups is 1. The Hall–Kier alpha value is -1.86. The summed E-state index contributed by atoms with van der Waals surface area (Å²) in [5.74, 6) is -0.00622. The van der Waals surface area contributed by atoms with Crippen molar-refractivity contribution in [1.82, 2.24) is 9.88 Å². The van der Waals surface area contributed by atoms with Gasteiger partial charge in [0, 0.05) is 24.2 Å². The number of nitrogens with zero attached hydrogens (tertiary/aromatic N) is 2. The van der Waals surface area contributed by atoms with Gasteiger partial charge in [0.05, 0.1) is 17.1 Å². The fourth-order valence-electron chi connectivity index (χ4n) is 2.79. The first-order valence-electron chi connectivity index (χ1n) is 8.03. The van der Waals surface area contributed by atoms with Crippen molar-refractivity contribution >= 4 is 27.5 Å². The molecule has 1 aromatic carbocycles. The molecule has 1 aliphatic heterocycles. The van der Waals surface area contributed by atoms with Crippen molar-refractivity contribution in [2.75, 3.05) is 18.6 Å². The Bertz CT molecular complexity index is 879. The van der Waals surface area contributed by atoms with Crippen molar-refractivity contribution in [3.05, 3.63) is 53.7 Å². The lowest BCUT2D eigenvalue weighted by Gasteiger charge is -2.24. The molecule has 0 radical (unpaired) electrons. The minimum atomic E-state index is -3.03. The van der Waals surface area contributed by atoms with Gasteiger partial charge in [-0.15, -0.1) is 0 Å². The lowest BCUT2D eigenvalue weighted by Crippen LogP contribution is -2.38. The Morgan fingerprint density at radius 1 is 1.24 bits per heavy atom. The predicted molar refractivity (Wildman–Crippen MR) is 98.7 cm³/mol. The van der Waals surface area contributed by atoms with Crippen LogP contribution < -0.4 is 0 Å². The smallest absolute Gasteiger partial charge is 0.256 e. The van der Waals surface area contributed by atoms with Gasteiger partial charge < -0.3 is 4.90 Å². The maximum atomic E-state index is 12.9. The van der Waals surface area contributed by atoms with E-state index in [1.807, 2.05) is 31.2 Å². The van der Waals surface area contributed by atoms with Gasteiger partial charge in [0.15, 0.2) is 9.84 Å². The number of carbonyl (C=O) groups is 1. The average Bonchev–Trinajstić information content (AvgIpc) is 2.96. The summed E-state index contributed by atoms with van der Waals surface area (Å²) in [5, 5.41) is 0.629. The normalized spacial score (nSPS) is 18.9. The summed E-state index contributed by atoms with van der Waals surface area (Å²) in [7, 11) is -1.37. The predicted octanol–water partition coefficient (Wildman–Crippen LogP) is 2.80. The molecule has 0 N–H and O–H groups in total. The number of carbonyl (C=O) groups excluding carboxylic acids is 1. The molecule has 2 heterocycles. The SMILES string of the molecule is Cc1ccc(Sc2ncccc2C(=O)N(C)C2CCS(=O)(=O)C2)cc1. The van der Waals surface area contributed by atoms with Crippen molar-refractivity contribution in [1.29, 1.82) is 0 Å². The first-order chi connectivity index (χ1) is 11.9. The number of rotatable bonds is 4. The zero-order valence-corrected chi connectivity index (χ0v) is 15.8. The van der Waals surface area contributed by atoms with Crippen LogP contribution >= 0.6 is 11.8 Å². The number of pyridine rings is 1. The highest BCUT2D eigenvalue weighted by Crippen LogP contribution is 2.30. The zero-order chi connectivity index (χ0) is 18.0. The summed E-state index contributed by atoms with van der Waals surface area (Å²) < 4.78 is 23.4. The van der Waals surface area contributed by atoms with Crippen molar-refractivity contribution in [2.24, 2.45) is 0 Å². The number of hydrogen-bond donors (Lipinski definition) is 0. The summed E-state index contributed by atoms with van der Waals surface area (Å²) in [5.41, 5.74) is 1.67. The van der Waals surface area contributed by atoms with Gasteiger partial charge in [0.25, 0.3) is 5.91 Å². The number of hydrogen-bond acceptors (Lipinski definition) is 5. The molecule has 132 valence electrons. The van der Waals surface area contributed by atoms with E-state index in [9.17, 15) is 13.2 Å². The Balaban J connectivity index is 1.82. The fraction of sp³-hybridized carbons (Fsp3) is 0.333. The van der Waals surface area contributed by atoms with Crippen LogP contribution in [0.5, 0.6) is 0 Å². The molecule has 0 spiro atoms. The molecule has 2 aromatic rings. The standard InChI is InChI=1S/C18H20N2O3S2/c1-13-5-7-15(8-6-13)24-17-16(4-3-10-19-17)18(21)20(2)14-9-11-25(22,23)12-14/h3-8,10,14H,9,11-12H2,1-2H3. The largest absolute Gasteiger partial charge is 0.338 e. The number of aryl methyl sites for hydroxylation is 1. The van der Waals surface area contributed by atoms with Crippen LogP contribution in [0.15, 0.2) is 52.5 Å². The molecule has 25 heavy (non-hydrogen) atoms. The van der Waals surface area contributed by atoms with Gasteiger partial charge in [-0.05, 0) is 37.6 Å². The number of benzene rings is 1. The van der Waals surface area contributed by atoms with Crippen LogP contribution in [0.25, 0.3) is 0 Å². The van der Waals surface area contributed by atoms with Crippen LogP contribution in [0.1, 0.15) is 22.3 Å². The van der Waals surface area contributed by atoms with E-state index < -0.39 is 9.84 Å². The summed E-state index contributed by atoms with van der Waals surface area (Å²) in [6.45, 7) is 2.02. The van der Waals surface area contributed by atoms with Gasteiger partial charge in [-0.25, -0.2) is 13.4 Å². The molecular formula is C18H20N2O3S2. The van der Waals surface area contributed by atoms with Crippen molar-refractivity contribution < 1.29 is 13.2 Å². The van der Waals surface area contributed by atoms with Crippen LogP contribution in [0.3, 0.4) is 0 Å². The topological polar surface area (TPSA) is 67.3 Å². The second-order valence-corrected chi connectivity index (χ2v) is 9.54. The lowest BCUT2D eigenvalue weighted by molar-refractivity contribution is 0.0743. The second-order valence-electron chi connectivity index (χ2n) is 6.24. The quantitative estimate of drug-likeness (QED) is 0.821. The summed E-state index contributed by atoms with van der Waals surface area (Å²) in [6, 6.07) is 11.2. The molecule has 1 unspecified atom stereocenters. The molecule has 3 rings (SSSR count). The molecule has 1 aliphatic rings. The van der Waals surface area contributed by atoms with Gasteiger partial charge in [-0.1, -0.05) is 29.5 Å². The van der Waals surface area contributed by atoms with Crippen LogP contribution in [0, 0.1) is 6.92 Å². The van der Waals surface area contributed by atoms with E-state index in [4.69, 9.17) is 0 Å². The summed E-state index contributed by atoms with van der Waals surface area (Å²) in [4.78, 5) is 19.8. The van der Waals surface area contributed by atoms with E-state index in [-0.39, 0.29) is 23.5 Å². The van der Waals surface area contributed by atoms with E-state index in [1.54, 1.807) is 30.3 Å². The van der Waals surface area contributed by atoms with Crippen LogP contribution in [0.2, 0.25) is 0 Å². The Labute approximate surface area is 152 Å². The third-order valence-corrected chi connectivity index (χ3v) is 7.09. The zero-order valence-electron chi connectivity index (χ0n) is 14.2. The number of amides is 1. The van der Waals surface area contributed by atoms with Gasteiger partial charge >= 0.3 is 0 Å². The number of aromatic nitrogens is 1. The first-order valence-corrected chi connectivity index (χ1v) is 10.7. The van der Waals surface area contributed by atoms with Gasteiger partial charge in [-0.2, -0.15) is 0 Å². The molecule has 7 heteroatoms. The van der Waals surface area contributed by atoms with E-state index in [0.717, 1.165) is 4.90 Å². The monoisotopic (exact) mass is 376 g/mol. The lowest BCUT2D eigenvalue weighted by atomic mass is 10.2. The van der Waals surface area contributed by atoms with E-state index in [1.165, 1.54) is 17.3 Å². The van der Waals surface area contributed by atoms with Gasteiger partial charge in [0.2, 0.25) is 0 Å². The fourth-order valence-corrected chi connectivity index (χ4v) is 5.44. The highest BCUT2D eigenvalue weighted by molar-refractivity contribution is 7.99. The molecule has 0 bridgehead atoms. The van der Waals surface area contributed by atoms with Crippen LogP contribution in [0.4, 0.5) is 0 Å². The molecular weight excluding hydrogens is 356 g/mol. The van der Waals surface area contributed by atoms with Crippen molar-refractivity contribution in [2.45, 2.75) is 29.3 Å². The minimum absolute atomic E-state index is 0.0376. The van der Waals surface area contributed by atoms with Crippen LogP contribution in [-0.2, 0) is 9.84 Å². The first kappa shape index (κ1) is 17.9. The third-order valence-electron chi connectivity index (χ3n) is 4.31. The second kappa shape index (κ2) is 7.17. The van der Waals surface area contributed by atoms with Crippen LogP contribution in [-0.4, -0.2) is 48.8 Å². The summed E-state index contributed by atoms with van der Waals surface area (Å²) in [6.07, 6.45) is 2.15. The Kier molecular flexibility index (Phi) is 5.15. The minimum Gasteiger partial charge on any atom is -0.338 e. The maximum Gasteiger partial charge on any atom is 0.256 e. The third kappa shape index (κ3) is 4.22. The van der Waals surface area contributed by atoms with Gasteiger partial charge in [-0.3, -0.25) is 4.79 Å². The molecule has 1 atom stereocenters. The van der Waals surface area contributed by atoms with Crippen molar-refractivity contribution in [3.8, 4) is 0 Å². The highest BCUT2D eigenvalue weighted by Gasteiger charge is 2.33. The molecule has 5 nitrogen and oxygen atoms in total. The highest BCUT2D eigenvalue weighted by atomic mass is 32.2.